The number of carbonyl (C=O) groups excluding carboxylic acids is 1. The van der Waals surface area contributed by atoms with E-state index in [1.54, 1.807) is 6.07 Å². The Morgan fingerprint density at radius 2 is 1.53 bits per heavy atom. The molecular weight excluding hydrogens is 444 g/mol. The van der Waals surface area contributed by atoms with Crippen molar-refractivity contribution in [3.8, 4) is 0 Å². The Balaban J connectivity index is 1.68. The molecule has 0 radical (unpaired) electrons. The van der Waals surface area contributed by atoms with Crippen LogP contribution in [-0.4, -0.2) is 71.2 Å². The number of rotatable bonds is 5. The number of morpholine rings is 2. The molecule has 0 atom stereocenters. The molecular formula is C21H23F2N3O5S. The quantitative estimate of drug-likeness (QED) is 0.725. The second-order valence-corrected chi connectivity index (χ2v) is 9.32. The first-order valence-corrected chi connectivity index (χ1v) is 11.6. The fraction of sp³-hybridized carbons (Fsp3) is 0.381. The Labute approximate surface area is 184 Å². The Hall–Kier alpha value is -2.60. The predicted octanol–water partition coefficient (Wildman–Crippen LogP) is 2.07. The molecule has 2 fully saturated rings. The van der Waals surface area contributed by atoms with Gasteiger partial charge < -0.3 is 19.7 Å². The van der Waals surface area contributed by atoms with Gasteiger partial charge in [-0.3, -0.25) is 4.79 Å². The summed E-state index contributed by atoms with van der Waals surface area (Å²) in [5, 5.41) is 2.67. The minimum atomic E-state index is -3.80. The topological polar surface area (TPSA) is 88.2 Å². The van der Waals surface area contributed by atoms with Crippen molar-refractivity contribution in [2.24, 2.45) is 0 Å². The predicted molar refractivity (Wildman–Crippen MR) is 113 cm³/mol. The third-order valence-electron chi connectivity index (χ3n) is 5.36. The molecule has 172 valence electrons. The van der Waals surface area contributed by atoms with Crippen molar-refractivity contribution in [2.45, 2.75) is 4.90 Å². The van der Waals surface area contributed by atoms with Crippen LogP contribution in [0.15, 0.2) is 41.3 Å². The molecule has 1 N–H and O–H groups in total. The first-order valence-electron chi connectivity index (χ1n) is 10.2. The number of nitrogens with one attached hydrogen (secondary N) is 1. The molecule has 8 nitrogen and oxygen atoms in total. The van der Waals surface area contributed by atoms with Gasteiger partial charge in [0.2, 0.25) is 10.0 Å². The summed E-state index contributed by atoms with van der Waals surface area (Å²) in [6.07, 6.45) is 0. The van der Waals surface area contributed by atoms with Gasteiger partial charge in [-0.2, -0.15) is 4.31 Å². The van der Waals surface area contributed by atoms with Crippen LogP contribution in [0.3, 0.4) is 0 Å². The molecule has 2 aromatic carbocycles. The second-order valence-electron chi connectivity index (χ2n) is 7.38. The van der Waals surface area contributed by atoms with Gasteiger partial charge in [-0.15, -0.1) is 0 Å². The van der Waals surface area contributed by atoms with Crippen LogP contribution in [0.1, 0.15) is 10.4 Å². The molecule has 2 heterocycles. The summed E-state index contributed by atoms with van der Waals surface area (Å²) >= 11 is 0. The minimum absolute atomic E-state index is 0.0250. The van der Waals surface area contributed by atoms with E-state index in [1.807, 2.05) is 4.90 Å². The highest BCUT2D eigenvalue weighted by Gasteiger charge is 2.28. The molecule has 1 amide bonds. The van der Waals surface area contributed by atoms with Crippen molar-refractivity contribution in [2.75, 3.05) is 62.8 Å². The number of halogens is 2. The van der Waals surface area contributed by atoms with Gasteiger partial charge in [0, 0.05) is 31.7 Å². The number of amides is 1. The monoisotopic (exact) mass is 467 g/mol. The summed E-state index contributed by atoms with van der Waals surface area (Å²) in [6, 6.07) is 7.37. The molecule has 0 aliphatic carbocycles. The fourth-order valence-electron chi connectivity index (χ4n) is 3.62. The van der Waals surface area contributed by atoms with E-state index >= 15 is 0 Å². The molecule has 32 heavy (non-hydrogen) atoms. The smallest absolute Gasteiger partial charge is 0.255 e. The van der Waals surface area contributed by atoms with Crippen molar-refractivity contribution in [3.63, 3.8) is 0 Å². The number of carbonyl (C=O) groups is 1. The van der Waals surface area contributed by atoms with E-state index in [4.69, 9.17) is 9.47 Å². The Bertz CT molecular complexity index is 1100. The van der Waals surface area contributed by atoms with E-state index in [0.29, 0.717) is 45.2 Å². The zero-order valence-electron chi connectivity index (χ0n) is 17.2. The average molecular weight is 467 g/mol. The van der Waals surface area contributed by atoms with Crippen LogP contribution in [0.4, 0.5) is 20.2 Å². The molecule has 0 unspecified atom stereocenters. The molecule has 2 aromatic rings. The van der Waals surface area contributed by atoms with Gasteiger partial charge in [-0.05, 0) is 36.4 Å². The maximum Gasteiger partial charge on any atom is 0.255 e. The van der Waals surface area contributed by atoms with Crippen molar-refractivity contribution in [1.29, 1.82) is 0 Å². The SMILES string of the molecule is O=C(Nc1cc(S(=O)(=O)N2CCOCC2)ccc1N1CCOCC1)c1ccc(F)c(F)c1. The van der Waals surface area contributed by atoms with Crippen LogP contribution >= 0.6 is 0 Å². The van der Waals surface area contributed by atoms with E-state index in [1.165, 1.54) is 16.4 Å². The minimum Gasteiger partial charge on any atom is -0.379 e. The summed E-state index contributed by atoms with van der Waals surface area (Å²) in [5.74, 6) is -2.89. The van der Waals surface area contributed by atoms with Gasteiger partial charge >= 0.3 is 0 Å². The van der Waals surface area contributed by atoms with Crippen molar-refractivity contribution in [3.05, 3.63) is 53.6 Å². The maximum absolute atomic E-state index is 13.6. The summed E-state index contributed by atoms with van der Waals surface area (Å²) in [7, 11) is -3.80. The Morgan fingerprint density at radius 3 is 2.19 bits per heavy atom. The van der Waals surface area contributed by atoms with Crippen LogP contribution in [0.25, 0.3) is 0 Å². The Morgan fingerprint density at radius 1 is 0.875 bits per heavy atom. The van der Waals surface area contributed by atoms with Gasteiger partial charge in [-0.1, -0.05) is 0 Å². The van der Waals surface area contributed by atoms with Crippen LogP contribution in [-0.2, 0) is 19.5 Å². The van der Waals surface area contributed by atoms with Gasteiger partial charge in [0.1, 0.15) is 0 Å². The van der Waals surface area contributed by atoms with Crippen molar-refractivity contribution in [1.82, 2.24) is 4.31 Å². The molecule has 0 saturated carbocycles. The number of ether oxygens (including phenoxy) is 2. The molecule has 2 aliphatic rings. The van der Waals surface area contributed by atoms with E-state index < -0.39 is 27.6 Å². The molecule has 0 spiro atoms. The number of sulfonamides is 1. The van der Waals surface area contributed by atoms with Crippen molar-refractivity contribution < 1.29 is 31.5 Å². The zero-order chi connectivity index (χ0) is 22.7. The first-order chi connectivity index (χ1) is 15.4. The van der Waals surface area contributed by atoms with Gasteiger partial charge in [0.05, 0.1) is 42.7 Å². The largest absolute Gasteiger partial charge is 0.379 e. The molecule has 2 aliphatic heterocycles. The van der Waals surface area contributed by atoms with E-state index in [9.17, 15) is 22.0 Å². The lowest BCUT2D eigenvalue weighted by atomic mass is 10.1. The Kier molecular flexibility index (Phi) is 6.70. The normalized spacial score (nSPS) is 17.9. The highest BCUT2D eigenvalue weighted by atomic mass is 32.2. The van der Waals surface area contributed by atoms with Crippen molar-refractivity contribution >= 4 is 27.3 Å². The number of hydrogen-bond donors (Lipinski definition) is 1. The number of anilines is 2. The summed E-state index contributed by atoms with van der Waals surface area (Å²) in [6.45, 7) is 3.20. The standard InChI is InChI=1S/C21H23F2N3O5S/c22-17-3-1-15(13-18(17)23)21(27)24-19-14-16(32(28,29)26-7-11-31-12-8-26)2-4-20(19)25-5-9-30-10-6-25/h1-4,13-14H,5-12H2,(H,24,27). The fourth-order valence-corrected chi connectivity index (χ4v) is 5.06. The zero-order valence-corrected chi connectivity index (χ0v) is 18.0. The van der Waals surface area contributed by atoms with Gasteiger partial charge in [-0.25, -0.2) is 17.2 Å². The highest BCUT2D eigenvalue weighted by Crippen LogP contribution is 2.31. The third kappa shape index (κ3) is 4.75. The number of hydrogen-bond acceptors (Lipinski definition) is 6. The lowest BCUT2D eigenvalue weighted by Gasteiger charge is -2.31. The van der Waals surface area contributed by atoms with E-state index in [-0.39, 0.29) is 29.2 Å². The summed E-state index contributed by atoms with van der Waals surface area (Å²) < 4.78 is 65.0. The average Bonchev–Trinajstić information content (AvgIpc) is 2.82. The molecule has 4 rings (SSSR count). The molecule has 0 bridgehead atoms. The number of nitrogens with zero attached hydrogens (tertiary/aromatic N) is 2. The third-order valence-corrected chi connectivity index (χ3v) is 7.25. The highest BCUT2D eigenvalue weighted by molar-refractivity contribution is 7.89. The molecule has 0 aromatic heterocycles. The van der Waals surface area contributed by atoms with Crippen LogP contribution in [0, 0.1) is 11.6 Å². The van der Waals surface area contributed by atoms with E-state index in [2.05, 4.69) is 5.32 Å². The first kappa shape index (κ1) is 22.6. The second kappa shape index (κ2) is 9.49. The van der Waals surface area contributed by atoms with Gasteiger partial charge in [0.25, 0.3) is 5.91 Å². The van der Waals surface area contributed by atoms with Crippen LogP contribution in [0.2, 0.25) is 0 Å². The summed E-state index contributed by atoms with van der Waals surface area (Å²) in [4.78, 5) is 14.7. The maximum atomic E-state index is 13.6. The van der Waals surface area contributed by atoms with E-state index in [0.717, 1.165) is 18.2 Å². The summed E-state index contributed by atoms with van der Waals surface area (Å²) in [5.41, 5.74) is 0.791. The lowest BCUT2D eigenvalue weighted by Crippen LogP contribution is -2.40. The molecule has 11 heteroatoms. The van der Waals surface area contributed by atoms with Crippen LogP contribution in [0.5, 0.6) is 0 Å². The van der Waals surface area contributed by atoms with Crippen LogP contribution < -0.4 is 10.2 Å². The molecule has 2 saturated heterocycles. The number of benzene rings is 2. The van der Waals surface area contributed by atoms with Gasteiger partial charge in [0.15, 0.2) is 11.6 Å². The lowest BCUT2D eigenvalue weighted by molar-refractivity contribution is 0.0730.